The summed E-state index contributed by atoms with van der Waals surface area (Å²) in [4.78, 5) is 14.7. The Morgan fingerprint density at radius 3 is 2.39 bits per heavy atom. The fourth-order valence-corrected chi connectivity index (χ4v) is 5.63. The number of nitrogens with one attached hydrogen (secondary N) is 2. The van der Waals surface area contributed by atoms with Crippen molar-refractivity contribution in [3.05, 3.63) is 6.07 Å². The second-order valence-corrected chi connectivity index (χ2v) is 10.3. The van der Waals surface area contributed by atoms with E-state index in [1.807, 2.05) is 0 Å². The molecule has 3 fully saturated rings. The standard InChI is InChI=1S/C24H40N6S/c1-18-10-9-14-29(17-18)21-16-22(30-15-8-7-11-19(30)2)27-23(26-21)28-24(31)25-20-12-5-3-4-6-13-20/h16,18-20H,3-15,17H2,1-2H3,(H2,25,26,27,28,31)/t18-,19-/m0/s1. The number of aromatic nitrogens is 2. The van der Waals surface area contributed by atoms with E-state index in [2.05, 4.69) is 40.3 Å². The van der Waals surface area contributed by atoms with Gasteiger partial charge in [0, 0.05) is 37.8 Å². The Balaban J connectivity index is 1.52. The Bertz CT molecular complexity index is 733. The predicted molar refractivity (Wildman–Crippen MR) is 134 cm³/mol. The van der Waals surface area contributed by atoms with Gasteiger partial charge in [-0.05, 0) is 70.0 Å². The quantitative estimate of drug-likeness (QED) is 0.495. The van der Waals surface area contributed by atoms with E-state index >= 15 is 0 Å². The molecule has 172 valence electrons. The lowest BCUT2D eigenvalue weighted by molar-refractivity contribution is 0.444. The lowest BCUT2D eigenvalue weighted by Gasteiger charge is -2.36. The average Bonchev–Trinajstić information content (AvgIpc) is 3.02. The van der Waals surface area contributed by atoms with Gasteiger partial charge in [0.25, 0.3) is 0 Å². The van der Waals surface area contributed by atoms with Crippen LogP contribution in [0.2, 0.25) is 0 Å². The molecule has 6 nitrogen and oxygen atoms in total. The molecule has 2 aliphatic heterocycles. The van der Waals surface area contributed by atoms with Gasteiger partial charge < -0.3 is 20.4 Å². The first kappa shape index (κ1) is 22.6. The normalized spacial score (nSPS) is 25.7. The van der Waals surface area contributed by atoms with Gasteiger partial charge in [0.2, 0.25) is 5.95 Å². The summed E-state index contributed by atoms with van der Waals surface area (Å²) in [6, 6.07) is 3.18. The molecule has 0 spiro atoms. The maximum Gasteiger partial charge on any atom is 0.232 e. The van der Waals surface area contributed by atoms with Gasteiger partial charge in [-0.2, -0.15) is 9.97 Å². The highest BCUT2D eigenvalue weighted by Crippen LogP contribution is 2.29. The summed E-state index contributed by atoms with van der Waals surface area (Å²) in [5.41, 5.74) is 0. The van der Waals surface area contributed by atoms with Crippen molar-refractivity contribution in [1.82, 2.24) is 15.3 Å². The lowest BCUT2D eigenvalue weighted by Crippen LogP contribution is -2.40. The molecule has 0 bridgehead atoms. The van der Waals surface area contributed by atoms with Gasteiger partial charge in [-0.15, -0.1) is 0 Å². The van der Waals surface area contributed by atoms with E-state index in [-0.39, 0.29) is 0 Å². The topological polar surface area (TPSA) is 56.3 Å². The van der Waals surface area contributed by atoms with Gasteiger partial charge in [0.15, 0.2) is 5.11 Å². The molecule has 3 aliphatic rings. The minimum Gasteiger partial charge on any atom is -0.360 e. The zero-order valence-corrected chi connectivity index (χ0v) is 20.2. The van der Waals surface area contributed by atoms with Crippen LogP contribution in [0.1, 0.15) is 84.5 Å². The van der Waals surface area contributed by atoms with Gasteiger partial charge >= 0.3 is 0 Å². The fourth-order valence-electron chi connectivity index (χ4n) is 5.37. The third-order valence-corrected chi connectivity index (χ3v) is 7.41. The van der Waals surface area contributed by atoms with E-state index in [0.29, 0.717) is 29.1 Å². The van der Waals surface area contributed by atoms with Crippen LogP contribution in [-0.4, -0.2) is 46.8 Å². The summed E-state index contributed by atoms with van der Waals surface area (Å²) in [6.45, 7) is 7.86. The van der Waals surface area contributed by atoms with E-state index in [0.717, 1.165) is 31.3 Å². The van der Waals surface area contributed by atoms with Crippen molar-refractivity contribution in [3.63, 3.8) is 0 Å². The molecule has 0 radical (unpaired) electrons. The van der Waals surface area contributed by atoms with Gasteiger partial charge in [0.1, 0.15) is 11.6 Å². The largest absolute Gasteiger partial charge is 0.360 e. The minimum absolute atomic E-state index is 0.468. The molecule has 1 aliphatic carbocycles. The van der Waals surface area contributed by atoms with Crippen LogP contribution in [0, 0.1) is 5.92 Å². The summed E-state index contributed by atoms with van der Waals surface area (Å²) in [7, 11) is 0. The highest BCUT2D eigenvalue weighted by atomic mass is 32.1. The minimum atomic E-state index is 0.468. The summed E-state index contributed by atoms with van der Waals surface area (Å²) in [6.07, 6.45) is 14.0. The molecule has 0 aromatic carbocycles. The molecule has 2 saturated heterocycles. The number of hydrogen-bond acceptors (Lipinski definition) is 5. The highest BCUT2D eigenvalue weighted by molar-refractivity contribution is 7.80. The molecule has 0 amide bonds. The van der Waals surface area contributed by atoms with E-state index in [9.17, 15) is 0 Å². The van der Waals surface area contributed by atoms with E-state index < -0.39 is 0 Å². The monoisotopic (exact) mass is 444 g/mol. The maximum absolute atomic E-state index is 5.67. The van der Waals surface area contributed by atoms with Crippen LogP contribution >= 0.6 is 12.2 Å². The van der Waals surface area contributed by atoms with E-state index in [1.54, 1.807) is 0 Å². The van der Waals surface area contributed by atoms with Crippen LogP contribution in [-0.2, 0) is 0 Å². The third-order valence-electron chi connectivity index (χ3n) is 7.19. The second-order valence-electron chi connectivity index (χ2n) is 9.93. The van der Waals surface area contributed by atoms with Crippen LogP contribution < -0.4 is 20.4 Å². The summed E-state index contributed by atoms with van der Waals surface area (Å²) < 4.78 is 0. The molecular weight excluding hydrogens is 404 g/mol. The Hall–Kier alpha value is -1.63. The average molecular weight is 445 g/mol. The molecule has 2 atom stereocenters. The fraction of sp³-hybridized carbons (Fsp3) is 0.792. The van der Waals surface area contributed by atoms with Crippen molar-refractivity contribution in [2.24, 2.45) is 5.92 Å². The molecule has 3 heterocycles. The number of nitrogens with zero attached hydrogens (tertiary/aromatic N) is 4. The van der Waals surface area contributed by atoms with Crippen molar-refractivity contribution in [1.29, 1.82) is 0 Å². The van der Waals surface area contributed by atoms with E-state index in [4.69, 9.17) is 22.2 Å². The summed E-state index contributed by atoms with van der Waals surface area (Å²) in [5, 5.41) is 7.53. The Morgan fingerprint density at radius 1 is 0.903 bits per heavy atom. The van der Waals surface area contributed by atoms with Crippen LogP contribution in [0.25, 0.3) is 0 Å². The maximum atomic E-state index is 5.67. The number of hydrogen-bond donors (Lipinski definition) is 2. The van der Waals surface area contributed by atoms with Crippen molar-refractivity contribution in [2.75, 3.05) is 34.8 Å². The van der Waals surface area contributed by atoms with Crippen LogP contribution in [0.15, 0.2) is 6.07 Å². The molecule has 4 rings (SSSR count). The lowest BCUT2D eigenvalue weighted by atomic mass is 10.0. The van der Waals surface area contributed by atoms with Crippen molar-refractivity contribution < 1.29 is 0 Å². The number of thiocarbonyl (C=S) groups is 1. The predicted octanol–water partition coefficient (Wildman–Crippen LogP) is 5.10. The molecule has 7 heteroatoms. The Kier molecular flexibility index (Phi) is 7.86. The first-order valence-corrected chi connectivity index (χ1v) is 13.0. The van der Waals surface area contributed by atoms with Gasteiger partial charge in [-0.1, -0.05) is 32.6 Å². The molecule has 31 heavy (non-hydrogen) atoms. The summed E-state index contributed by atoms with van der Waals surface area (Å²) in [5.74, 6) is 3.41. The van der Waals surface area contributed by atoms with Crippen molar-refractivity contribution in [2.45, 2.75) is 96.6 Å². The zero-order chi connectivity index (χ0) is 21.6. The van der Waals surface area contributed by atoms with Crippen LogP contribution in [0.4, 0.5) is 17.6 Å². The van der Waals surface area contributed by atoms with E-state index in [1.165, 1.54) is 70.6 Å². The van der Waals surface area contributed by atoms with Gasteiger partial charge in [-0.3, -0.25) is 0 Å². The van der Waals surface area contributed by atoms with Gasteiger partial charge in [-0.25, -0.2) is 0 Å². The smallest absolute Gasteiger partial charge is 0.232 e. The number of piperidine rings is 2. The molecule has 0 unspecified atom stereocenters. The third kappa shape index (κ3) is 6.21. The molecular formula is C24H40N6S. The molecule has 1 saturated carbocycles. The number of anilines is 3. The zero-order valence-electron chi connectivity index (χ0n) is 19.4. The Morgan fingerprint density at radius 2 is 1.65 bits per heavy atom. The van der Waals surface area contributed by atoms with Crippen molar-refractivity contribution >= 4 is 34.9 Å². The van der Waals surface area contributed by atoms with Gasteiger partial charge in [0.05, 0.1) is 0 Å². The highest BCUT2D eigenvalue weighted by Gasteiger charge is 2.24. The summed E-state index contributed by atoms with van der Waals surface area (Å²) >= 11 is 5.67. The molecule has 2 N–H and O–H groups in total. The Labute approximate surface area is 193 Å². The van der Waals surface area contributed by atoms with Crippen molar-refractivity contribution in [3.8, 4) is 0 Å². The second kappa shape index (κ2) is 10.8. The first-order chi connectivity index (χ1) is 15.1. The van der Waals surface area contributed by atoms with Crippen LogP contribution in [0.3, 0.4) is 0 Å². The first-order valence-electron chi connectivity index (χ1n) is 12.6. The molecule has 1 aromatic heterocycles. The molecule has 1 aromatic rings. The van der Waals surface area contributed by atoms with Crippen LogP contribution in [0.5, 0.6) is 0 Å². The number of rotatable bonds is 4. The SMILES string of the molecule is C[C@H]1CCCN(c2cc(N3CCCC[C@@H]3C)nc(NC(=S)NC3CCCCCC3)n2)C1.